The van der Waals surface area contributed by atoms with Crippen LogP contribution in [0.4, 0.5) is 0 Å². The average molecular weight is 293 g/mol. The fourth-order valence-corrected chi connectivity index (χ4v) is 1.90. The topological polar surface area (TPSA) is 68.9 Å². The molecule has 0 fully saturated rings. The molecular formula is C16H27N3O2. The Kier molecular flexibility index (Phi) is 7.61. The highest BCUT2D eigenvalue weighted by Gasteiger charge is 2.01. The Morgan fingerprint density at radius 2 is 1.90 bits per heavy atom. The van der Waals surface area contributed by atoms with E-state index in [0.29, 0.717) is 19.1 Å². The van der Waals surface area contributed by atoms with E-state index in [1.165, 1.54) is 5.56 Å². The highest BCUT2D eigenvalue weighted by Crippen LogP contribution is 2.14. The molecule has 0 radical (unpaired) electrons. The molecule has 118 valence electrons. The molecule has 0 aliphatic rings. The monoisotopic (exact) mass is 293 g/mol. The highest BCUT2D eigenvalue weighted by atomic mass is 16.5. The zero-order valence-corrected chi connectivity index (χ0v) is 13.4. The van der Waals surface area contributed by atoms with Crippen molar-refractivity contribution in [2.75, 3.05) is 20.3 Å². The molecule has 0 heterocycles. The Bertz CT molecular complexity index is 430. The van der Waals surface area contributed by atoms with Crippen molar-refractivity contribution in [3.63, 3.8) is 0 Å². The van der Waals surface area contributed by atoms with Crippen LogP contribution in [0.3, 0.4) is 0 Å². The molecule has 0 bridgehead atoms. The Hall–Kier alpha value is -1.75. The number of rotatable bonds is 8. The van der Waals surface area contributed by atoms with Crippen LogP contribution in [-0.4, -0.2) is 38.4 Å². The summed E-state index contributed by atoms with van der Waals surface area (Å²) in [6.07, 6.45) is 1.05. The van der Waals surface area contributed by atoms with Crippen LogP contribution in [0.2, 0.25) is 0 Å². The summed E-state index contributed by atoms with van der Waals surface area (Å²) in [7, 11) is 1.66. The van der Waals surface area contributed by atoms with Gasteiger partial charge in [0, 0.05) is 19.7 Å². The normalized spacial score (nSPS) is 13.3. The third kappa shape index (κ3) is 7.56. The fourth-order valence-electron chi connectivity index (χ4n) is 1.90. The summed E-state index contributed by atoms with van der Waals surface area (Å²) in [5.41, 5.74) is 7.03. The maximum absolute atomic E-state index is 5.81. The molecule has 0 spiro atoms. The molecule has 1 unspecified atom stereocenters. The second kappa shape index (κ2) is 9.23. The summed E-state index contributed by atoms with van der Waals surface area (Å²) in [6, 6.07) is 8.25. The largest absolute Gasteiger partial charge is 0.491 e. The maximum atomic E-state index is 5.81. The third-order valence-corrected chi connectivity index (χ3v) is 2.79. The smallest absolute Gasteiger partial charge is 0.188 e. The number of nitrogens with zero attached hydrogens (tertiary/aromatic N) is 1. The van der Waals surface area contributed by atoms with E-state index in [-0.39, 0.29) is 12.1 Å². The first kappa shape index (κ1) is 17.3. The van der Waals surface area contributed by atoms with Crippen molar-refractivity contribution < 1.29 is 9.47 Å². The lowest BCUT2D eigenvalue weighted by Gasteiger charge is -2.13. The Labute approximate surface area is 127 Å². The summed E-state index contributed by atoms with van der Waals surface area (Å²) in [5.74, 6) is 1.35. The van der Waals surface area contributed by atoms with Crippen LogP contribution in [0.1, 0.15) is 26.3 Å². The number of benzene rings is 1. The van der Waals surface area contributed by atoms with Crippen LogP contribution in [0.5, 0.6) is 5.75 Å². The lowest BCUT2D eigenvalue weighted by atomic mass is 10.1. The van der Waals surface area contributed by atoms with Gasteiger partial charge < -0.3 is 20.5 Å². The zero-order chi connectivity index (χ0) is 15.7. The molecule has 1 aromatic rings. The van der Waals surface area contributed by atoms with Crippen LogP contribution >= 0.6 is 0 Å². The molecule has 5 heteroatoms. The van der Waals surface area contributed by atoms with Crippen molar-refractivity contribution in [3.8, 4) is 5.75 Å². The molecule has 3 N–H and O–H groups in total. The molecule has 1 aromatic carbocycles. The van der Waals surface area contributed by atoms with Gasteiger partial charge in [0.2, 0.25) is 0 Å². The molecule has 0 aliphatic heterocycles. The van der Waals surface area contributed by atoms with E-state index in [1.54, 1.807) is 7.11 Å². The number of nitrogens with two attached hydrogens (primary N) is 1. The standard InChI is InChI=1S/C16H27N3O2/c1-12(2)21-15-7-5-14(6-8-15)9-10-18-16(17)19-13(3)11-20-4/h5-8,12-13H,9-11H2,1-4H3,(H3,17,18,19). The van der Waals surface area contributed by atoms with Gasteiger partial charge in [0.1, 0.15) is 5.75 Å². The molecule has 1 atom stereocenters. The van der Waals surface area contributed by atoms with E-state index in [4.69, 9.17) is 15.2 Å². The van der Waals surface area contributed by atoms with Gasteiger partial charge in [-0.15, -0.1) is 0 Å². The van der Waals surface area contributed by atoms with Gasteiger partial charge in [0.25, 0.3) is 0 Å². The second-order valence-corrected chi connectivity index (χ2v) is 5.33. The van der Waals surface area contributed by atoms with Gasteiger partial charge in [-0.2, -0.15) is 0 Å². The molecule has 0 amide bonds. The number of ether oxygens (including phenoxy) is 2. The summed E-state index contributed by atoms with van der Waals surface area (Å²) in [5, 5.41) is 3.08. The third-order valence-electron chi connectivity index (χ3n) is 2.79. The Balaban J connectivity index is 2.37. The van der Waals surface area contributed by atoms with Gasteiger partial charge in [-0.05, 0) is 44.9 Å². The van der Waals surface area contributed by atoms with Crippen molar-refractivity contribution >= 4 is 5.96 Å². The quantitative estimate of drug-likeness (QED) is 0.568. The predicted octanol–water partition coefficient (Wildman–Crippen LogP) is 1.96. The lowest BCUT2D eigenvalue weighted by molar-refractivity contribution is 0.179. The van der Waals surface area contributed by atoms with E-state index >= 15 is 0 Å². The van der Waals surface area contributed by atoms with Gasteiger partial charge in [-0.3, -0.25) is 4.99 Å². The van der Waals surface area contributed by atoms with Gasteiger partial charge >= 0.3 is 0 Å². The SMILES string of the molecule is COCC(C)NC(N)=NCCc1ccc(OC(C)C)cc1. The zero-order valence-electron chi connectivity index (χ0n) is 13.4. The Morgan fingerprint density at radius 3 is 2.48 bits per heavy atom. The van der Waals surface area contributed by atoms with Crippen LogP contribution in [0, 0.1) is 0 Å². The fraction of sp³-hybridized carbons (Fsp3) is 0.562. The van der Waals surface area contributed by atoms with Crippen LogP contribution in [0.25, 0.3) is 0 Å². The van der Waals surface area contributed by atoms with Gasteiger partial charge in [-0.1, -0.05) is 12.1 Å². The minimum absolute atomic E-state index is 0.159. The van der Waals surface area contributed by atoms with E-state index in [0.717, 1.165) is 12.2 Å². The maximum Gasteiger partial charge on any atom is 0.188 e. The van der Waals surface area contributed by atoms with Crippen molar-refractivity contribution in [1.29, 1.82) is 0 Å². The van der Waals surface area contributed by atoms with Gasteiger partial charge in [-0.25, -0.2) is 0 Å². The minimum atomic E-state index is 0.159. The Morgan fingerprint density at radius 1 is 1.24 bits per heavy atom. The minimum Gasteiger partial charge on any atom is -0.491 e. The number of hydrogen-bond acceptors (Lipinski definition) is 3. The summed E-state index contributed by atoms with van der Waals surface area (Å²) in [4.78, 5) is 4.31. The van der Waals surface area contributed by atoms with E-state index in [1.807, 2.05) is 32.9 Å². The summed E-state index contributed by atoms with van der Waals surface area (Å²) >= 11 is 0. The first-order valence-corrected chi connectivity index (χ1v) is 7.32. The van der Waals surface area contributed by atoms with E-state index in [2.05, 4.69) is 22.4 Å². The highest BCUT2D eigenvalue weighted by molar-refractivity contribution is 5.78. The van der Waals surface area contributed by atoms with E-state index in [9.17, 15) is 0 Å². The number of aliphatic imine (C=N–C) groups is 1. The first-order valence-electron chi connectivity index (χ1n) is 7.32. The number of hydrogen-bond donors (Lipinski definition) is 2. The first-order chi connectivity index (χ1) is 10.0. The van der Waals surface area contributed by atoms with Crippen LogP contribution in [-0.2, 0) is 11.2 Å². The molecule has 5 nitrogen and oxygen atoms in total. The van der Waals surface area contributed by atoms with Gasteiger partial charge in [0.05, 0.1) is 12.7 Å². The summed E-state index contributed by atoms with van der Waals surface area (Å²) < 4.78 is 10.6. The van der Waals surface area contributed by atoms with Crippen molar-refractivity contribution in [2.24, 2.45) is 10.7 Å². The molecular weight excluding hydrogens is 266 g/mol. The summed E-state index contributed by atoms with van der Waals surface area (Å²) in [6.45, 7) is 7.29. The molecule has 1 rings (SSSR count). The van der Waals surface area contributed by atoms with Crippen LogP contribution in [0.15, 0.2) is 29.3 Å². The van der Waals surface area contributed by atoms with Gasteiger partial charge in [0.15, 0.2) is 5.96 Å². The molecule has 21 heavy (non-hydrogen) atoms. The molecule has 0 aliphatic carbocycles. The van der Waals surface area contributed by atoms with Crippen molar-refractivity contribution in [3.05, 3.63) is 29.8 Å². The molecule has 0 aromatic heterocycles. The molecule has 0 saturated carbocycles. The lowest BCUT2D eigenvalue weighted by Crippen LogP contribution is -2.40. The van der Waals surface area contributed by atoms with Crippen molar-refractivity contribution in [1.82, 2.24) is 5.32 Å². The average Bonchev–Trinajstić information content (AvgIpc) is 2.40. The number of nitrogens with one attached hydrogen (secondary N) is 1. The number of methoxy groups -OCH3 is 1. The van der Waals surface area contributed by atoms with Crippen molar-refractivity contribution in [2.45, 2.75) is 39.3 Å². The predicted molar refractivity (Wildman–Crippen MR) is 86.9 cm³/mol. The van der Waals surface area contributed by atoms with Crippen LogP contribution < -0.4 is 15.8 Å². The molecule has 0 saturated heterocycles. The van der Waals surface area contributed by atoms with E-state index < -0.39 is 0 Å². The number of guanidine groups is 1. The second-order valence-electron chi connectivity index (χ2n) is 5.33.